The molecule has 22 heavy (non-hydrogen) atoms. The fourth-order valence-electron chi connectivity index (χ4n) is 3.63. The summed E-state index contributed by atoms with van der Waals surface area (Å²) in [6.07, 6.45) is 14.1. The third kappa shape index (κ3) is 4.43. The van der Waals surface area contributed by atoms with E-state index in [0.717, 1.165) is 38.5 Å². The normalized spacial score (nSPS) is 34.2. The molecule has 5 unspecified atom stereocenters. The van der Waals surface area contributed by atoms with Gasteiger partial charge >= 0.3 is 5.97 Å². The molecule has 1 aliphatic carbocycles. The Labute approximate surface area is 132 Å². The predicted octanol–water partition coefficient (Wildman–Crippen LogP) is 3.31. The van der Waals surface area contributed by atoms with Gasteiger partial charge in [0.25, 0.3) is 0 Å². The van der Waals surface area contributed by atoms with E-state index in [1.165, 1.54) is 0 Å². The standard InChI is InChI=1S/C18H28O4/c1-2-3-6-10-16-14-12-15(19)18(22-16)13(14)9-7-4-5-8-11-17(20)21/h3,6-7,9,13-16,18-19H,2,4-5,8,10-12H2,1H3,(H,20,21). The molecule has 5 atom stereocenters. The monoisotopic (exact) mass is 308 g/mol. The van der Waals surface area contributed by atoms with E-state index in [9.17, 15) is 9.90 Å². The van der Waals surface area contributed by atoms with Gasteiger partial charge in [0.05, 0.1) is 18.3 Å². The Bertz CT molecular complexity index is 415. The molecule has 0 amide bonds. The SMILES string of the molecule is CCC=CCC1OC2C(O)CC1C2C=CCCCCC(=O)O. The highest BCUT2D eigenvalue weighted by atomic mass is 16.5. The van der Waals surface area contributed by atoms with E-state index in [1.807, 2.05) is 0 Å². The summed E-state index contributed by atoms with van der Waals surface area (Å²) in [7, 11) is 0. The lowest BCUT2D eigenvalue weighted by molar-refractivity contribution is -0.137. The quantitative estimate of drug-likeness (QED) is 0.506. The number of rotatable bonds is 9. The van der Waals surface area contributed by atoms with Crippen LogP contribution in [0.15, 0.2) is 24.3 Å². The van der Waals surface area contributed by atoms with Gasteiger partial charge in [0.2, 0.25) is 0 Å². The summed E-state index contributed by atoms with van der Waals surface area (Å²) < 4.78 is 6.01. The van der Waals surface area contributed by atoms with Crippen molar-refractivity contribution in [3.05, 3.63) is 24.3 Å². The zero-order valence-corrected chi connectivity index (χ0v) is 13.4. The average Bonchev–Trinajstić information content (AvgIpc) is 2.96. The van der Waals surface area contributed by atoms with Crippen molar-refractivity contribution in [3.63, 3.8) is 0 Å². The molecule has 2 rings (SSSR count). The van der Waals surface area contributed by atoms with Crippen molar-refractivity contribution < 1.29 is 19.7 Å². The highest BCUT2D eigenvalue weighted by Gasteiger charge is 2.52. The fourth-order valence-corrected chi connectivity index (χ4v) is 3.63. The van der Waals surface area contributed by atoms with E-state index in [2.05, 4.69) is 31.2 Å². The lowest BCUT2D eigenvalue weighted by Gasteiger charge is -2.24. The number of unbranched alkanes of at least 4 members (excludes halogenated alkanes) is 2. The lowest BCUT2D eigenvalue weighted by atomic mass is 9.90. The Morgan fingerprint density at radius 3 is 2.82 bits per heavy atom. The second-order valence-corrected chi connectivity index (χ2v) is 6.37. The number of carboxylic acid groups (broad SMARTS) is 1. The number of aliphatic carboxylic acids is 1. The third-order valence-corrected chi connectivity index (χ3v) is 4.72. The van der Waals surface area contributed by atoms with Crippen LogP contribution in [0.2, 0.25) is 0 Å². The van der Waals surface area contributed by atoms with Crippen LogP contribution in [0.1, 0.15) is 51.9 Å². The number of hydrogen-bond donors (Lipinski definition) is 2. The third-order valence-electron chi connectivity index (χ3n) is 4.72. The van der Waals surface area contributed by atoms with Crippen molar-refractivity contribution in [3.8, 4) is 0 Å². The molecule has 0 radical (unpaired) electrons. The summed E-state index contributed by atoms with van der Waals surface area (Å²) >= 11 is 0. The molecule has 4 nitrogen and oxygen atoms in total. The first-order chi connectivity index (χ1) is 10.6. The van der Waals surface area contributed by atoms with Gasteiger partial charge in [0.1, 0.15) is 0 Å². The van der Waals surface area contributed by atoms with Crippen LogP contribution >= 0.6 is 0 Å². The Balaban J connectivity index is 1.78. The fraction of sp³-hybridized carbons (Fsp3) is 0.722. The molecule has 2 bridgehead atoms. The van der Waals surface area contributed by atoms with Crippen molar-refractivity contribution in [2.75, 3.05) is 0 Å². The number of fused-ring (bicyclic) bond motifs is 2. The van der Waals surface area contributed by atoms with Crippen LogP contribution in [0.4, 0.5) is 0 Å². The van der Waals surface area contributed by atoms with Gasteiger partial charge in [-0.2, -0.15) is 0 Å². The number of allylic oxidation sites excluding steroid dienone is 2. The Morgan fingerprint density at radius 2 is 2.09 bits per heavy atom. The molecular formula is C18H28O4. The van der Waals surface area contributed by atoms with Crippen molar-refractivity contribution in [1.82, 2.24) is 0 Å². The highest BCUT2D eigenvalue weighted by Crippen LogP contribution is 2.47. The number of hydrogen-bond acceptors (Lipinski definition) is 3. The number of ether oxygens (including phenoxy) is 1. The van der Waals surface area contributed by atoms with E-state index in [1.54, 1.807) is 0 Å². The number of carbonyl (C=O) groups is 1. The molecule has 0 aromatic rings. The minimum atomic E-state index is -0.725. The van der Waals surface area contributed by atoms with Gasteiger partial charge in [-0.25, -0.2) is 0 Å². The second kappa shape index (κ2) is 8.49. The molecule has 1 heterocycles. The van der Waals surface area contributed by atoms with Crippen LogP contribution in [0.3, 0.4) is 0 Å². The van der Waals surface area contributed by atoms with Crippen LogP contribution in [-0.2, 0) is 9.53 Å². The van der Waals surface area contributed by atoms with Crippen molar-refractivity contribution in [2.45, 2.75) is 70.2 Å². The Kier molecular flexibility index (Phi) is 6.65. The molecule has 0 aromatic carbocycles. The highest BCUT2D eigenvalue weighted by molar-refractivity contribution is 5.66. The maximum atomic E-state index is 10.4. The first-order valence-electron chi connectivity index (χ1n) is 8.50. The van der Waals surface area contributed by atoms with Crippen LogP contribution < -0.4 is 0 Å². The number of carboxylic acids is 1. The minimum Gasteiger partial charge on any atom is -0.481 e. The summed E-state index contributed by atoms with van der Waals surface area (Å²) in [4.78, 5) is 10.4. The molecule has 124 valence electrons. The van der Waals surface area contributed by atoms with Crippen LogP contribution in [0, 0.1) is 11.8 Å². The predicted molar refractivity (Wildman–Crippen MR) is 85.6 cm³/mol. The first-order valence-corrected chi connectivity index (χ1v) is 8.50. The van der Waals surface area contributed by atoms with E-state index < -0.39 is 5.97 Å². The van der Waals surface area contributed by atoms with Gasteiger partial charge < -0.3 is 14.9 Å². The maximum absolute atomic E-state index is 10.4. The molecule has 2 fully saturated rings. The van der Waals surface area contributed by atoms with Gasteiger partial charge in [-0.05, 0) is 44.4 Å². The summed E-state index contributed by atoms with van der Waals surface area (Å²) in [6, 6.07) is 0. The zero-order valence-electron chi connectivity index (χ0n) is 13.4. The average molecular weight is 308 g/mol. The van der Waals surface area contributed by atoms with Crippen molar-refractivity contribution in [2.24, 2.45) is 11.8 Å². The van der Waals surface area contributed by atoms with Crippen LogP contribution in [0.5, 0.6) is 0 Å². The van der Waals surface area contributed by atoms with E-state index in [-0.39, 0.29) is 24.7 Å². The van der Waals surface area contributed by atoms with Crippen LogP contribution in [0.25, 0.3) is 0 Å². The lowest BCUT2D eigenvalue weighted by Crippen LogP contribution is -2.30. The Morgan fingerprint density at radius 1 is 1.27 bits per heavy atom. The molecule has 0 aromatic heterocycles. The molecule has 4 heteroatoms. The topological polar surface area (TPSA) is 66.8 Å². The van der Waals surface area contributed by atoms with Gasteiger partial charge in [0.15, 0.2) is 0 Å². The molecular weight excluding hydrogens is 280 g/mol. The van der Waals surface area contributed by atoms with Crippen molar-refractivity contribution in [1.29, 1.82) is 0 Å². The van der Waals surface area contributed by atoms with Gasteiger partial charge in [0, 0.05) is 12.3 Å². The molecule has 2 aliphatic rings. The maximum Gasteiger partial charge on any atom is 0.303 e. The zero-order chi connectivity index (χ0) is 15.9. The summed E-state index contributed by atoms with van der Waals surface area (Å²) in [5.74, 6) is 0.00333. The first kappa shape index (κ1) is 17.2. The van der Waals surface area contributed by atoms with E-state index in [0.29, 0.717) is 11.8 Å². The Hall–Kier alpha value is -1.13. The molecule has 1 saturated heterocycles. The summed E-state index contributed by atoms with van der Waals surface area (Å²) in [5, 5.41) is 18.6. The van der Waals surface area contributed by atoms with Crippen molar-refractivity contribution >= 4 is 5.97 Å². The van der Waals surface area contributed by atoms with Gasteiger partial charge in [-0.15, -0.1) is 0 Å². The van der Waals surface area contributed by atoms with Crippen LogP contribution in [-0.4, -0.2) is 34.5 Å². The summed E-state index contributed by atoms with van der Waals surface area (Å²) in [6.45, 7) is 2.12. The molecule has 0 spiro atoms. The summed E-state index contributed by atoms with van der Waals surface area (Å²) in [5.41, 5.74) is 0. The minimum absolute atomic E-state index is 0.0553. The molecule has 1 aliphatic heterocycles. The molecule has 2 N–H and O–H groups in total. The second-order valence-electron chi connectivity index (χ2n) is 6.37. The van der Waals surface area contributed by atoms with Gasteiger partial charge in [-0.3, -0.25) is 4.79 Å². The number of aliphatic hydroxyl groups excluding tert-OH is 1. The van der Waals surface area contributed by atoms with E-state index >= 15 is 0 Å². The smallest absolute Gasteiger partial charge is 0.303 e. The van der Waals surface area contributed by atoms with Gasteiger partial charge in [-0.1, -0.05) is 31.2 Å². The number of aliphatic hydroxyl groups is 1. The largest absolute Gasteiger partial charge is 0.481 e. The van der Waals surface area contributed by atoms with E-state index in [4.69, 9.17) is 9.84 Å². The molecule has 1 saturated carbocycles.